The molecule has 0 radical (unpaired) electrons. The lowest BCUT2D eigenvalue weighted by atomic mass is 10.2. The van der Waals surface area contributed by atoms with E-state index in [2.05, 4.69) is 23.6 Å². The first-order valence-corrected chi connectivity index (χ1v) is 7.23. The molecule has 0 aromatic carbocycles. The molecule has 0 aliphatic heterocycles. The number of aryl methyl sites for hydroxylation is 2. The molecule has 0 fully saturated rings. The molecule has 2 N–H and O–H groups in total. The SMILES string of the molecule is CCNCCCNCc1cc2c(s1)CCC2. The highest BCUT2D eigenvalue weighted by molar-refractivity contribution is 7.12. The Labute approximate surface area is 102 Å². The fraction of sp³-hybridized carbons (Fsp3) is 0.692. The van der Waals surface area contributed by atoms with E-state index in [0.717, 1.165) is 26.2 Å². The predicted molar refractivity (Wildman–Crippen MR) is 71.2 cm³/mol. The van der Waals surface area contributed by atoms with Crippen molar-refractivity contribution in [2.45, 2.75) is 39.2 Å². The van der Waals surface area contributed by atoms with Gasteiger partial charge in [-0.2, -0.15) is 0 Å². The molecule has 0 unspecified atom stereocenters. The molecule has 90 valence electrons. The van der Waals surface area contributed by atoms with E-state index in [0.29, 0.717) is 0 Å². The van der Waals surface area contributed by atoms with E-state index in [-0.39, 0.29) is 0 Å². The Kier molecular flexibility index (Phi) is 4.82. The van der Waals surface area contributed by atoms with Crippen molar-refractivity contribution >= 4 is 11.3 Å². The van der Waals surface area contributed by atoms with Crippen LogP contribution in [-0.2, 0) is 19.4 Å². The maximum atomic E-state index is 3.52. The number of hydrogen-bond acceptors (Lipinski definition) is 3. The Morgan fingerprint density at radius 1 is 1.25 bits per heavy atom. The van der Waals surface area contributed by atoms with Crippen LogP contribution >= 0.6 is 11.3 Å². The number of fused-ring (bicyclic) bond motifs is 1. The first-order valence-electron chi connectivity index (χ1n) is 6.42. The quantitative estimate of drug-likeness (QED) is 0.712. The van der Waals surface area contributed by atoms with E-state index in [4.69, 9.17) is 0 Å². The van der Waals surface area contributed by atoms with Crippen LogP contribution in [0.3, 0.4) is 0 Å². The van der Waals surface area contributed by atoms with Crippen LogP contribution in [0.5, 0.6) is 0 Å². The highest BCUT2D eigenvalue weighted by Crippen LogP contribution is 2.30. The van der Waals surface area contributed by atoms with E-state index in [1.165, 1.54) is 30.6 Å². The van der Waals surface area contributed by atoms with Crippen LogP contribution in [0.4, 0.5) is 0 Å². The van der Waals surface area contributed by atoms with E-state index >= 15 is 0 Å². The Morgan fingerprint density at radius 2 is 2.12 bits per heavy atom. The summed E-state index contributed by atoms with van der Waals surface area (Å²) in [5.74, 6) is 0. The van der Waals surface area contributed by atoms with Gasteiger partial charge in [-0.05, 0) is 56.9 Å². The molecule has 1 heterocycles. The number of rotatable bonds is 7. The van der Waals surface area contributed by atoms with Gasteiger partial charge in [0.2, 0.25) is 0 Å². The molecule has 1 aliphatic rings. The van der Waals surface area contributed by atoms with Gasteiger partial charge in [0.05, 0.1) is 0 Å². The van der Waals surface area contributed by atoms with Gasteiger partial charge in [-0.1, -0.05) is 6.92 Å². The summed E-state index contributed by atoms with van der Waals surface area (Å²) < 4.78 is 0. The smallest absolute Gasteiger partial charge is 0.0299 e. The van der Waals surface area contributed by atoms with Crippen molar-refractivity contribution in [3.05, 3.63) is 21.4 Å². The van der Waals surface area contributed by atoms with Crippen molar-refractivity contribution in [2.75, 3.05) is 19.6 Å². The third kappa shape index (κ3) is 3.30. The van der Waals surface area contributed by atoms with Gasteiger partial charge in [0.15, 0.2) is 0 Å². The fourth-order valence-electron chi connectivity index (χ4n) is 2.20. The summed E-state index contributed by atoms with van der Waals surface area (Å²) in [5.41, 5.74) is 1.62. The normalized spacial score (nSPS) is 14.3. The first kappa shape index (κ1) is 12.1. The van der Waals surface area contributed by atoms with Gasteiger partial charge in [0.25, 0.3) is 0 Å². The van der Waals surface area contributed by atoms with Crippen molar-refractivity contribution < 1.29 is 0 Å². The molecule has 0 saturated carbocycles. The summed E-state index contributed by atoms with van der Waals surface area (Å²) in [5, 5.41) is 6.86. The van der Waals surface area contributed by atoms with Crippen LogP contribution in [0.1, 0.15) is 35.1 Å². The number of thiophene rings is 1. The zero-order chi connectivity index (χ0) is 11.2. The Balaban J connectivity index is 1.62. The van der Waals surface area contributed by atoms with Crippen LogP contribution in [-0.4, -0.2) is 19.6 Å². The minimum Gasteiger partial charge on any atom is -0.317 e. The van der Waals surface area contributed by atoms with E-state index < -0.39 is 0 Å². The standard InChI is InChI=1S/C13H22N2S/c1-2-14-7-4-8-15-10-12-9-11-5-3-6-13(11)16-12/h9,14-15H,2-8,10H2,1H3. The molecule has 16 heavy (non-hydrogen) atoms. The molecule has 0 atom stereocenters. The highest BCUT2D eigenvalue weighted by Gasteiger charge is 2.14. The summed E-state index contributed by atoms with van der Waals surface area (Å²) in [6.45, 7) is 6.54. The average Bonchev–Trinajstić information content (AvgIpc) is 2.83. The lowest BCUT2D eigenvalue weighted by Crippen LogP contribution is -2.21. The molecular weight excluding hydrogens is 216 g/mol. The van der Waals surface area contributed by atoms with Gasteiger partial charge >= 0.3 is 0 Å². The molecule has 1 aliphatic carbocycles. The third-order valence-electron chi connectivity index (χ3n) is 3.05. The molecule has 2 nitrogen and oxygen atoms in total. The van der Waals surface area contributed by atoms with Crippen LogP contribution < -0.4 is 10.6 Å². The minimum atomic E-state index is 1.06. The first-order chi connectivity index (χ1) is 7.90. The largest absolute Gasteiger partial charge is 0.317 e. The van der Waals surface area contributed by atoms with Gasteiger partial charge in [-0.3, -0.25) is 0 Å². The Morgan fingerprint density at radius 3 is 2.94 bits per heavy atom. The molecule has 3 heteroatoms. The molecule has 1 aromatic heterocycles. The maximum Gasteiger partial charge on any atom is 0.0299 e. The Bertz CT molecular complexity index is 298. The number of nitrogens with one attached hydrogen (secondary N) is 2. The predicted octanol–water partition coefficient (Wildman–Crippen LogP) is 2.33. The fourth-order valence-corrected chi connectivity index (χ4v) is 3.43. The monoisotopic (exact) mass is 238 g/mol. The lowest BCUT2D eigenvalue weighted by molar-refractivity contribution is 0.609. The molecule has 0 bridgehead atoms. The van der Waals surface area contributed by atoms with Crippen LogP contribution in [0.15, 0.2) is 6.07 Å². The zero-order valence-electron chi connectivity index (χ0n) is 10.1. The van der Waals surface area contributed by atoms with Gasteiger partial charge in [0.1, 0.15) is 0 Å². The van der Waals surface area contributed by atoms with Gasteiger partial charge in [-0.15, -0.1) is 11.3 Å². The maximum absolute atomic E-state index is 3.52. The molecule has 0 spiro atoms. The zero-order valence-corrected chi connectivity index (χ0v) is 11.0. The summed E-state index contributed by atoms with van der Waals surface area (Å²) in [7, 11) is 0. The molecule has 0 saturated heterocycles. The van der Waals surface area contributed by atoms with Crippen LogP contribution in [0.2, 0.25) is 0 Å². The minimum absolute atomic E-state index is 1.06. The Hall–Kier alpha value is -0.380. The molecule has 0 amide bonds. The number of hydrogen-bond donors (Lipinski definition) is 2. The van der Waals surface area contributed by atoms with Gasteiger partial charge in [-0.25, -0.2) is 0 Å². The summed E-state index contributed by atoms with van der Waals surface area (Å²) in [6.07, 6.45) is 5.23. The second-order valence-electron chi connectivity index (χ2n) is 4.40. The molecular formula is C13H22N2S. The van der Waals surface area contributed by atoms with E-state index in [9.17, 15) is 0 Å². The third-order valence-corrected chi connectivity index (χ3v) is 4.29. The molecule has 2 rings (SSSR count). The van der Waals surface area contributed by atoms with Crippen molar-refractivity contribution in [2.24, 2.45) is 0 Å². The topological polar surface area (TPSA) is 24.1 Å². The van der Waals surface area contributed by atoms with Crippen molar-refractivity contribution in [1.29, 1.82) is 0 Å². The molecule has 1 aromatic rings. The van der Waals surface area contributed by atoms with E-state index in [1.54, 1.807) is 10.4 Å². The average molecular weight is 238 g/mol. The second kappa shape index (κ2) is 6.38. The second-order valence-corrected chi connectivity index (χ2v) is 5.62. The van der Waals surface area contributed by atoms with Crippen molar-refractivity contribution in [3.8, 4) is 0 Å². The van der Waals surface area contributed by atoms with Crippen molar-refractivity contribution in [3.63, 3.8) is 0 Å². The van der Waals surface area contributed by atoms with E-state index in [1.807, 2.05) is 11.3 Å². The lowest BCUT2D eigenvalue weighted by Gasteiger charge is -2.03. The van der Waals surface area contributed by atoms with Crippen molar-refractivity contribution in [1.82, 2.24) is 10.6 Å². The highest BCUT2D eigenvalue weighted by atomic mass is 32.1. The van der Waals surface area contributed by atoms with Gasteiger partial charge < -0.3 is 10.6 Å². The van der Waals surface area contributed by atoms with Crippen LogP contribution in [0.25, 0.3) is 0 Å². The summed E-state index contributed by atoms with van der Waals surface area (Å²) >= 11 is 2.01. The van der Waals surface area contributed by atoms with Gasteiger partial charge in [0, 0.05) is 16.3 Å². The van der Waals surface area contributed by atoms with Crippen LogP contribution in [0, 0.1) is 0 Å². The summed E-state index contributed by atoms with van der Waals surface area (Å²) in [6, 6.07) is 2.41. The summed E-state index contributed by atoms with van der Waals surface area (Å²) in [4.78, 5) is 3.16.